The minimum atomic E-state index is -0.798. The fourth-order valence-electron chi connectivity index (χ4n) is 3.25. The molecule has 1 aliphatic carbocycles. The molecule has 0 aromatic carbocycles. The molecular formula is C20H24FN9O. The number of carbonyl (C=O) groups is 1. The summed E-state index contributed by atoms with van der Waals surface area (Å²) in [6.45, 7) is 1.87. The third kappa shape index (κ3) is 4.94. The standard InChI is InChI=1S/C20H24FN9O/c1-11(22)16(6-12-2-3-12)28-20-15(21)8-14(18(23)31)19(29-20)27-13-4-5-25-17(7-13)30-10-24-9-26-30/h4-5,7-12,16H,2-3,6,22H2,1H3,(H2,23,31)(H2,25,27,28,29)/t11-,16+/m0/s1. The van der Waals surface area contributed by atoms with Crippen molar-refractivity contribution in [2.75, 3.05) is 10.6 Å². The number of aromatic nitrogens is 5. The fourth-order valence-corrected chi connectivity index (χ4v) is 3.25. The van der Waals surface area contributed by atoms with Crippen LogP contribution in [0.15, 0.2) is 37.1 Å². The predicted octanol–water partition coefficient (Wildman–Crippen LogP) is 1.97. The van der Waals surface area contributed by atoms with E-state index in [1.807, 2.05) is 6.92 Å². The van der Waals surface area contributed by atoms with Crippen LogP contribution >= 0.6 is 0 Å². The van der Waals surface area contributed by atoms with Crippen molar-refractivity contribution in [1.82, 2.24) is 24.7 Å². The number of amides is 1. The molecule has 0 unspecified atom stereocenters. The lowest BCUT2D eigenvalue weighted by atomic mass is 10.0. The molecule has 31 heavy (non-hydrogen) atoms. The first kappa shape index (κ1) is 20.7. The van der Waals surface area contributed by atoms with Crippen LogP contribution < -0.4 is 22.1 Å². The van der Waals surface area contributed by atoms with E-state index in [1.165, 1.54) is 17.3 Å². The molecule has 4 rings (SSSR count). The smallest absolute Gasteiger partial charge is 0.252 e. The second-order valence-electron chi connectivity index (χ2n) is 7.74. The molecule has 6 N–H and O–H groups in total. The Morgan fingerprint density at radius 3 is 2.81 bits per heavy atom. The van der Waals surface area contributed by atoms with Gasteiger partial charge in [-0.1, -0.05) is 12.8 Å². The molecule has 1 amide bonds. The first-order valence-electron chi connectivity index (χ1n) is 10.0. The van der Waals surface area contributed by atoms with Crippen molar-refractivity contribution in [3.8, 4) is 5.82 Å². The van der Waals surface area contributed by atoms with E-state index < -0.39 is 11.7 Å². The van der Waals surface area contributed by atoms with Gasteiger partial charge < -0.3 is 22.1 Å². The number of carbonyl (C=O) groups excluding carboxylic acids is 1. The molecule has 3 heterocycles. The normalized spacial score (nSPS) is 15.3. The van der Waals surface area contributed by atoms with E-state index in [9.17, 15) is 9.18 Å². The van der Waals surface area contributed by atoms with Crippen molar-refractivity contribution in [3.05, 3.63) is 48.4 Å². The number of anilines is 3. The first-order chi connectivity index (χ1) is 14.9. The fraction of sp³-hybridized carbons (Fsp3) is 0.350. The molecule has 0 aliphatic heterocycles. The van der Waals surface area contributed by atoms with E-state index in [2.05, 4.69) is 30.7 Å². The van der Waals surface area contributed by atoms with Gasteiger partial charge >= 0.3 is 0 Å². The molecule has 11 heteroatoms. The van der Waals surface area contributed by atoms with Crippen LogP contribution in [0, 0.1) is 11.7 Å². The van der Waals surface area contributed by atoms with E-state index in [0.717, 1.165) is 25.3 Å². The zero-order chi connectivity index (χ0) is 22.0. The number of hydrogen-bond donors (Lipinski definition) is 4. The van der Waals surface area contributed by atoms with Crippen molar-refractivity contribution in [2.24, 2.45) is 17.4 Å². The molecule has 0 bridgehead atoms. The van der Waals surface area contributed by atoms with Crippen molar-refractivity contribution < 1.29 is 9.18 Å². The summed E-state index contributed by atoms with van der Waals surface area (Å²) >= 11 is 0. The molecule has 1 saturated carbocycles. The highest BCUT2D eigenvalue weighted by Crippen LogP contribution is 2.35. The summed E-state index contributed by atoms with van der Waals surface area (Å²) in [4.78, 5) is 24.4. The molecule has 1 fully saturated rings. The van der Waals surface area contributed by atoms with Gasteiger partial charge in [0.15, 0.2) is 17.5 Å². The second kappa shape index (κ2) is 8.64. The van der Waals surface area contributed by atoms with Crippen molar-refractivity contribution in [1.29, 1.82) is 0 Å². The molecule has 3 aromatic rings. The third-order valence-corrected chi connectivity index (χ3v) is 5.14. The Hall–Kier alpha value is -3.60. The third-order valence-electron chi connectivity index (χ3n) is 5.14. The summed E-state index contributed by atoms with van der Waals surface area (Å²) in [6, 6.07) is 4.12. The second-order valence-corrected chi connectivity index (χ2v) is 7.74. The van der Waals surface area contributed by atoms with Gasteiger partial charge in [-0.05, 0) is 31.4 Å². The highest BCUT2D eigenvalue weighted by atomic mass is 19.1. The maximum absolute atomic E-state index is 14.7. The van der Waals surface area contributed by atoms with Crippen molar-refractivity contribution >= 4 is 23.2 Å². The van der Waals surface area contributed by atoms with Crippen LogP contribution in [-0.4, -0.2) is 42.7 Å². The van der Waals surface area contributed by atoms with Crippen molar-refractivity contribution in [3.63, 3.8) is 0 Å². The summed E-state index contributed by atoms with van der Waals surface area (Å²) in [7, 11) is 0. The number of rotatable bonds is 9. The van der Waals surface area contributed by atoms with Gasteiger partial charge in [0.2, 0.25) is 0 Å². The summed E-state index contributed by atoms with van der Waals surface area (Å²) in [5.41, 5.74) is 12.0. The summed E-state index contributed by atoms with van der Waals surface area (Å²) < 4.78 is 16.2. The Kier molecular flexibility index (Phi) is 5.76. The number of nitrogens with two attached hydrogens (primary N) is 2. The van der Waals surface area contributed by atoms with Crippen LogP contribution in [-0.2, 0) is 0 Å². The lowest BCUT2D eigenvalue weighted by Gasteiger charge is -2.24. The predicted molar refractivity (Wildman–Crippen MR) is 114 cm³/mol. The molecule has 10 nitrogen and oxygen atoms in total. The van der Waals surface area contributed by atoms with Crippen LogP contribution in [0.1, 0.15) is 36.5 Å². The highest BCUT2D eigenvalue weighted by molar-refractivity contribution is 5.98. The van der Waals surface area contributed by atoms with Gasteiger partial charge in [0.1, 0.15) is 18.5 Å². The van der Waals surface area contributed by atoms with E-state index in [1.54, 1.807) is 18.3 Å². The van der Waals surface area contributed by atoms with Gasteiger partial charge in [-0.15, -0.1) is 0 Å². The Morgan fingerprint density at radius 2 is 2.16 bits per heavy atom. The average Bonchev–Trinajstić information content (AvgIpc) is 3.38. The summed E-state index contributed by atoms with van der Waals surface area (Å²) in [6.07, 6.45) is 7.61. The van der Waals surface area contributed by atoms with Crippen LogP contribution in [0.4, 0.5) is 21.7 Å². The van der Waals surface area contributed by atoms with Crippen LogP contribution in [0.3, 0.4) is 0 Å². The van der Waals surface area contributed by atoms with Gasteiger partial charge in [0.05, 0.1) is 5.56 Å². The van der Waals surface area contributed by atoms with E-state index in [0.29, 0.717) is 17.4 Å². The van der Waals surface area contributed by atoms with E-state index in [4.69, 9.17) is 11.5 Å². The first-order valence-corrected chi connectivity index (χ1v) is 10.0. The SMILES string of the molecule is C[C@H](N)[C@@H](CC1CC1)Nc1nc(Nc2ccnc(-n3cncn3)c2)c(C(N)=O)cc1F. The molecule has 3 aromatic heterocycles. The monoisotopic (exact) mass is 425 g/mol. The maximum Gasteiger partial charge on any atom is 0.252 e. The quantitative estimate of drug-likeness (QED) is 0.406. The van der Waals surface area contributed by atoms with Crippen molar-refractivity contribution in [2.45, 2.75) is 38.3 Å². The van der Waals surface area contributed by atoms with Gasteiger partial charge in [0, 0.05) is 30.0 Å². The largest absolute Gasteiger partial charge is 0.365 e. The lowest BCUT2D eigenvalue weighted by Crippen LogP contribution is -2.39. The van der Waals surface area contributed by atoms with Crippen LogP contribution in [0.2, 0.25) is 0 Å². The minimum absolute atomic E-state index is 0.0148. The molecule has 0 spiro atoms. The molecule has 0 radical (unpaired) electrons. The van der Waals surface area contributed by atoms with Crippen LogP contribution in [0.5, 0.6) is 0 Å². The molecule has 0 saturated heterocycles. The van der Waals surface area contributed by atoms with Gasteiger partial charge in [0.25, 0.3) is 5.91 Å². The highest BCUT2D eigenvalue weighted by Gasteiger charge is 2.28. The lowest BCUT2D eigenvalue weighted by molar-refractivity contribution is 0.100. The Balaban J connectivity index is 1.63. The Bertz CT molecular complexity index is 1070. The maximum atomic E-state index is 14.7. The number of nitrogens with one attached hydrogen (secondary N) is 2. The summed E-state index contributed by atoms with van der Waals surface area (Å²) in [5, 5.41) is 10.2. The molecule has 1 aliphatic rings. The molecular weight excluding hydrogens is 401 g/mol. The molecule has 2 atom stereocenters. The Morgan fingerprint density at radius 1 is 1.35 bits per heavy atom. The summed E-state index contributed by atoms with van der Waals surface area (Å²) in [5.74, 6) is -0.222. The molecule has 162 valence electrons. The zero-order valence-corrected chi connectivity index (χ0v) is 17.0. The topological polar surface area (TPSA) is 150 Å². The number of nitrogens with zero attached hydrogens (tertiary/aromatic N) is 5. The van der Waals surface area contributed by atoms with E-state index >= 15 is 0 Å². The number of primary amides is 1. The van der Waals surface area contributed by atoms with E-state index in [-0.39, 0.29) is 29.3 Å². The van der Waals surface area contributed by atoms with Gasteiger partial charge in [-0.3, -0.25) is 4.79 Å². The number of pyridine rings is 2. The number of hydrogen-bond acceptors (Lipinski definition) is 8. The van der Waals surface area contributed by atoms with Gasteiger partial charge in [-0.2, -0.15) is 5.10 Å². The Labute approximate surface area is 178 Å². The van der Waals surface area contributed by atoms with Crippen LogP contribution in [0.25, 0.3) is 5.82 Å². The number of halogens is 1. The average molecular weight is 425 g/mol. The minimum Gasteiger partial charge on any atom is -0.365 e. The van der Waals surface area contributed by atoms with Gasteiger partial charge in [-0.25, -0.2) is 24.0 Å². The zero-order valence-electron chi connectivity index (χ0n) is 17.0.